The highest BCUT2D eigenvalue weighted by molar-refractivity contribution is 7.53. The smallest absolute Gasteiger partial charge is 0.332 e. The maximum absolute atomic E-state index is 13.5. The minimum atomic E-state index is -3.63. The van der Waals surface area contributed by atoms with Gasteiger partial charge in [-0.3, -0.25) is 14.2 Å². The van der Waals surface area contributed by atoms with E-state index < -0.39 is 19.5 Å². The topological polar surface area (TPSA) is 78.9 Å². The number of benzene rings is 2. The molecule has 0 aliphatic carbocycles. The van der Waals surface area contributed by atoms with E-state index in [1.54, 1.807) is 0 Å². The molecule has 0 spiro atoms. The lowest BCUT2D eigenvalue weighted by Crippen LogP contribution is -2.19. The minimum Gasteiger partial charge on any atom is -0.449 e. The van der Waals surface area contributed by atoms with Crippen LogP contribution >= 0.6 is 19.2 Å². The Morgan fingerprint density at radius 2 is 1.43 bits per heavy atom. The number of carbonyl (C=O) groups is 2. The van der Waals surface area contributed by atoms with Crippen molar-refractivity contribution in [3.8, 4) is 0 Å². The van der Waals surface area contributed by atoms with Crippen LogP contribution in [0.25, 0.3) is 0 Å². The van der Waals surface area contributed by atoms with E-state index in [1.807, 2.05) is 60.7 Å². The summed E-state index contributed by atoms with van der Waals surface area (Å²) in [5, 5.41) is 0. The van der Waals surface area contributed by atoms with E-state index >= 15 is 0 Å². The highest BCUT2D eigenvalue weighted by atomic mass is 35.5. The molecule has 0 saturated carbocycles. The lowest BCUT2D eigenvalue weighted by atomic mass is 10.0. The van der Waals surface area contributed by atoms with Crippen LogP contribution in [0.5, 0.6) is 0 Å². The zero-order chi connectivity index (χ0) is 21.8. The molecule has 0 radical (unpaired) electrons. The van der Waals surface area contributed by atoms with E-state index in [0.717, 1.165) is 11.1 Å². The van der Waals surface area contributed by atoms with Gasteiger partial charge in [-0.1, -0.05) is 72.3 Å². The Kier molecular flexibility index (Phi) is 10.2. The van der Waals surface area contributed by atoms with Crippen molar-refractivity contribution in [2.75, 3.05) is 12.2 Å². The van der Waals surface area contributed by atoms with Gasteiger partial charge >= 0.3 is 13.6 Å². The first-order chi connectivity index (χ1) is 14.4. The fourth-order valence-electron chi connectivity index (χ4n) is 2.76. The van der Waals surface area contributed by atoms with Crippen molar-refractivity contribution < 1.29 is 27.9 Å². The van der Waals surface area contributed by atoms with Gasteiger partial charge in [0.1, 0.15) is 5.78 Å². The molecule has 0 heterocycles. The summed E-state index contributed by atoms with van der Waals surface area (Å²) in [6.07, 6.45) is 0.0585. The molecular formula is C22H26ClO6P. The van der Waals surface area contributed by atoms with Crippen molar-refractivity contribution >= 4 is 30.9 Å². The standard InChI is InChI=1S/C22H26ClO6P/c1-18(24)21(12-13-22(25)27-17-23)16-30(26,28-14-19-8-4-2-5-9-19)29-15-20-10-6-3-7-11-20/h2-11,21H,12-17H2,1H3. The molecule has 0 saturated heterocycles. The molecule has 8 heteroatoms. The Morgan fingerprint density at radius 1 is 0.933 bits per heavy atom. The number of Topliss-reactive ketones (excluding diaryl/α,β-unsaturated/α-hetero) is 1. The Morgan fingerprint density at radius 3 is 1.87 bits per heavy atom. The molecule has 0 aromatic heterocycles. The molecule has 2 rings (SSSR count). The zero-order valence-corrected chi connectivity index (χ0v) is 18.5. The second kappa shape index (κ2) is 12.7. The summed E-state index contributed by atoms with van der Waals surface area (Å²) in [5.74, 6) is -1.37. The Hall–Kier alpha value is -1.98. The fourth-order valence-corrected chi connectivity index (χ4v) is 4.83. The number of ketones is 1. The lowest BCUT2D eigenvalue weighted by Gasteiger charge is -2.23. The van der Waals surface area contributed by atoms with Gasteiger partial charge in [-0.15, -0.1) is 0 Å². The largest absolute Gasteiger partial charge is 0.449 e. The predicted molar refractivity (Wildman–Crippen MR) is 115 cm³/mol. The number of alkyl halides is 1. The molecule has 6 nitrogen and oxygen atoms in total. The molecule has 0 N–H and O–H groups in total. The molecule has 0 aliphatic rings. The van der Waals surface area contributed by atoms with Gasteiger partial charge in [0.05, 0.1) is 19.4 Å². The first-order valence-electron chi connectivity index (χ1n) is 9.60. The van der Waals surface area contributed by atoms with Crippen LogP contribution in [0.15, 0.2) is 60.7 Å². The third-order valence-electron chi connectivity index (χ3n) is 4.47. The van der Waals surface area contributed by atoms with Gasteiger partial charge in [0.2, 0.25) is 0 Å². The first kappa shape index (κ1) is 24.3. The molecule has 1 atom stereocenters. The number of carbonyl (C=O) groups excluding carboxylic acids is 2. The summed E-state index contributed by atoms with van der Waals surface area (Å²) in [7, 11) is -3.63. The van der Waals surface area contributed by atoms with Crippen LogP contribution in [0.4, 0.5) is 0 Å². The summed E-state index contributed by atoms with van der Waals surface area (Å²) >= 11 is 5.39. The van der Waals surface area contributed by atoms with Crippen LogP contribution in [0, 0.1) is 5.92 Å². The van der Waals surface area contributed by atoms with Crippen LogP contribution in [0.2, 0.25) is 0 Å². The highest BCUT2D eigenvalue weighted by Gasteiger charge is 2.32. The number of hydrogen-bond donors (Lipinski definition) is 0. The fraction of sp³-hybridized carbons (Fsp3) is 0.364. The van der Waals surface area contributed by atoms with Crippen molar-refractivity contribution in [3.63, 3.8) is 0 Å². The van der Waals surface area contributed by atoms with E-state index in [-0.39, 0.29) is 44.1 Å². The maximum atomic E-state index is 13.5. The third-order valence-corrected chi connectivity index (χ3v) is 6.51. The summed E-state index contributed by atoms with van der Waals surface area (Å²) in [4.78, 5) is 23.7. The van der Waals surface area contributed by atoms with E-state index in [2.05, 4.69) is 0 Å². The number of esters is 1. The average molecular weight is 453 g/mol. The van der Waals surface area contributed by atoms with Crippen molar-refractivity contribution in [3.05, 3.63) is 71.8 Å². The van der Waals surface area contributed by atoms with E-state index in [9.17, 15) is 14.2 Å². The van der Waals surface area contributed by atoms with Crippen LogP contribution in [0.3, 0.4) is 0 Å². The van der Waals surface area contributed by atoms with Crippen molar-refractivity contribution in [1.82, 2.24) is 0 Å². The zero-order valence-electron chi connectivity index (χ0n) is 16.9. The first-order valence-corrected chi connectivity index (χ1v) is 11.9. The second-order valence-electron chi connectivity index (χ2n) is 6.78. The molecule has 0 fully saturated rings. The van der Waals surface area contributed by atoms with Gasteiger partial charge in [-0.05, 0) is 24.5 Å². The summed E-state index contributed by atoms with van der Waals surface area (Å²) < 4.78 is 29.6. The number of hydrogen-bond acceptors (Lipinski definition) is 6. The average Bonchev–Trinajstić information content (AvgIpc) is 2.75. The van der Waals surface area contributed by atoms with E-state index in [4.69, 9.17) is 25.4 Å². The Bertz CT molecular complexity index is 796. The lowest BCUT2D eigenvalue weighted by molar-refractivity contribution is -0.142. The molecular weight excluding hydrogens is 427 g/mol. The summed E-state index contributed by atoms with van der Waals surface area (Å²) in [5.41, 5.74) is 1.68. The number of ether oxygens (including phenoxy) is 1. The molecule has 2 aromatic rings. The van der Waals surface area contributed by atoms with Crippen molar-refractivity contribution in [2.45, 2.75) is 33.0 Å². The molecule has 0 bridgehead atoms. The van der Waals surface area contributed by atoms with Crippen LogP contribution < -0.4 is 0 Å². The van der Waals surface area contributed by atoms with Crippen molar-refractivity contribution in [1.29, 1.82) is 0 Å². The molecule has 30 heavy (non-hydrogen) atoms. The normalized spacial score (nSPS) is 12.3. The molecule has 1 unspecified atom stereocenters. The molecule has 162 valence electrons. The van der Waals surface area contributed by atoms with Gasteiger partial charge in [0, 0.05) is 12.3 Å². The molecule has 0 amide bonds. The van der Waals surface area contributed by atoms with Crippen LogP contribution in [0.1, 0.15) is 30.9 Å². The SMILES string of the molecule is CC(=O)C(CCC(=O)OCCl)CP(=O)(OCc1ccccc1)OCc1ccccc1. The number of rotatable bonds is 13. The molecule has 2 aromatic carbocycles. The van der Waals surface area contributed by atoms with Gasteiger partial charge < -0.3 is 13.8 Å². The highest BCUT2D eigenvalue weighted by Crippen LogP contribution is 2.52. The quantitative estimate of drug-likeness (QED) is 0.232. The third kappa shape index (κ3) is 8.80. The van der Waals surface area contributed by atoms with Crippen LogP contribution in [-0.2, 0) is 41.2 Å². The van der Waals surface area contributed by atoms with Gasteiger partial charge in [0.25, 0.3) is 0 Å². The maximum Gasteiger partial charge on any atom is 0.332 e. The van der Waals surface area contributed by atoms with E-state index in [1.165, 1.54) is 6.92 Å². The summed E-state index contributed by atoms with van der Waals surface area (Å²) in [6, 6.07) is 18.3. The van der Waals surface area contributed by atoms with Gasteiger partial charge in [-0.2, -0.15) is 0 Å². The summed E-state index contributed by atoms with van der Waals surface area (Å²) in [6.45, 7) is 1.58. The van der Waals surface area contributed by atoms with Gasteiger partial charge in [0.15, 0.2) is 6.07 Å². The second-order valence-corrected chi connectivity index (χ2v) is 9.10. The molecule has 0 aliphatic heterocycles. The van der Waals surface area contributed by atoms with Crippen LogP contribution in [-0.4, -0.2) is 24.0 Å². The monoisotopic (exact) mass is 452 g/mol. The van der Waals surface area contributed by atoms with E-state index in [0.29, 0.717) is 0 Å². The Labute approximate surface area is 182 Å². The number of halogens is 1. The van der Waals surface area contributed by atoms with Crippen molar-refractivity contribution in [2.24, 2.45) is 5.92 Å². The predicted octanol–water partition coefficient (Wildman–Crippen LogP) is 5.34. The minimum absolute atomic E-state index is 0.00562. The van der Waals surface area contributed by atoms with Gasteiger partial charge in [-0.25, -0.2) is 0 Å². The Balaban J connectivity index is 2.09.